The van der Waals surface area contributed by atoms with Gasteiger partial charge in [0.15, 0.2) is 11.6 Å². The van der Waals surface area contributed by atoms with Crippen molar-refractivity contribution < 1.29 is 9.59 Å². The largest absolute Gasteiger partial charge is 0.293 e. The summed E-state index contributed by atoms with van der Waals surface area (Å²) in [5.74, 6) is -0.502. The van der Waals surface area contributed by atoms with E-state index in [-0.39, 0.29) is 18.0 Å². The zero-order valence-electron chi connectivity index (χ0n) is 8.72. The molecule has 0 fully saturated rings. The molecule has 0 aliphatic rings. The van der Waals surface area contributed by atoms with E-state index in [1.54, 1.807) is 30.3 Å². The van der Waals surface area contributed by atoms with Gasteiger partial charge in [-0.05, 0) is 24.3 Å². The molecule has 86 valence electrons. The normalized spacial score (nSPS) is 10.2. The minimum atomic E-state index is -0.278. The molecule has 0 spiro atoms. The van der Waals surface area contributed by atoms with Gasteiger partial charge in [0.25, 0.3) is 0 Å². The van der Waals surface area contributed by atoms with Crippen molar-refractivity contribution in [1.82, 2.24) is 4.98 Å². The summed E-state index contributed by atoms with van der Waals surface area (Å²) in [6, 6.07) is 8.30. The quantitative estimate of drug-likeness (QED) is 0.630. The Morgan fingerprint density at radius 1 is 1.18 bits per heavy atom. The summed E-state index contributed by atoms with van der Waals surface area (Å²) in [6.07, 6.45) is 1.35. The van der Waals surface area contributed by atoms with Gasteiger partial charge >= 0.3 is 0 Å². The second-order valence-corrected chi connectivity index (χ2v) is 5.06. The Morgan fingerprint density at radius 3 is 2.59 bits per heavy atom. The molecular formula is C12H8ClNO2S. The Kier molecular flexibility index (Phi) is 3.66. The summed E-state index contributed by atoms with van der Waals surface area (Å²) in [5.41, 5.74) is 0.309. The summed E-state index contributed by atoms with van der Waals surface area (Å²) in [6.45, 7) is 0. The molecule has 2 aromatic rings. The minimum Gasteiger partial charge on any atom is -0.293 e. The Hall–Kier alpha value is -1.52. The molecule has 2 rings (SSSR count). The number of rotatable bonds is 4. The molecule has 0 unspecified atom stereocenters. The average molecular weight is 266 g/mol. The molecule has 0 aromatic carbocycles. The highest BCUT2D eigenvalue weighted by Crippen LogP contribution is 2.22. The van der Waals surface area contributed by atoms with Crippen LogP contribution in [0.15, 0.2) is 36.5 Å². The van der Waals surface area contributed by atoms with Crippen molar-refractivity contribution in [2.75, 3.05) is 0 Å². The van der Waals surface area contributed by atoms with E-state index in [1.165, 1.54) is 17.5 Å². The maximum absolute atomic E-state index is 11.7. The maximum Gasteiger partial charge on any atom is 0.188 e. The predicted molar refractivity (Wildman–Crippen MR) is 66.8 cm³/mol. The van der Waals surface area contributed by atoms with E-state index in [4.69, 9.17) is 11.6 Å². The maximum atomic E-state index is 11.7. The second kappa shape index (κ2) is 5.21. The molecule has 0 bridgehead atoms. The van der Waals surface area contributed by atoms with Gasteiger partial charge in [-0.3, -0.25) is 14.6 Å². The molecule has 0 radical (unpaired) electrons. The van der Waals surface area contributed by atoms with Crippen LogP contribution in [-0.4, -0.2) is 16.6 Å². The molecule has 0 saturated heterocycles. The monoisotopic (exact) mass is 265 g/mol. The lowest BCUT2D eigenvalue weighted by Crippen LogP contribution is -2.08. The SMILES string of the molecule is O=C(CC(=O)c1ccc(Cl)s1)c1ccccn1. The van der Waals surface area contributed by atoms with E-state index in [0.717, 1.165) is 0 Å². The number of aromatic nitrogens is 1. The third kappa shape index (κ3) is 2.99. The fourth-order valence-corrected chi connectivity index (χ4v) is 2.30. The van der Waals surface area contributed by atoms with E-state index in [2.05, 4.69) is 4.98 Å². The van der Waals surface area contributed by atoms with E-state index in [1.807, 2.05) is 0 Å². The molecule has 3 nitrogen and oxygen atoms in total. The van der Waals surface area contributed by atoms with Crippen LogP contribution in [0.2, 0.25) is 4.34 Å². The van der Waals surface area contributed by atoms with Gasteiger partial charge in [0.05, 0.1) is 15.6 Å². The number of ketones is 2. The summed E-state index contributed by atoms with van der Waals surface area (Å²) in [7, 11) is 0. The second-order valence-electron chi connectivity index (χ2n) is 3.34. The third-order valence-corrected chi connectivity index (χ3v) is 3.39. The number of pyridine rings is 1. The smallest absolute Gasteiger partial charge is 0.188 e. The highest BCUT2D eigenvalue weighted by molar-refractivity contribution is 7.18. The number of carbonyl (C=O) groups excluding carboxylic acids is 2. The molecule has 0 aliphatic carbocycles. The van der Waals surface area contributed by atoms with Gasteiger partial charge < -0.3 is 0 Å². The van der Waals surface area contributed by atoms with Gasteiger partial charge in [0, 0.05) is 6.20 Å². The van der Waals surface area contributed by atoms with Crippen molar-refractivity contribution in [1.29, 1.82) is 0 Å². The molecule has 0 N–H and O–H groups in total. The topological polar surface area (TPSA) is 47.0 Å². The van der Waals surface area contributed by atoms with Crippen LogP contribution in [0.25, 0.3) is 0 Å². The van der Waals surface area contributed by atoms with Crippen molar-refractivity contribution in [2.24, 2.45) is 0 Å². The van der Waals surface area contributed by atoms with Crippen LogP contribution < -0.4 is 0 Å². The van der Waals surface area contributed by atoms with Gasteiger partial charge in [0.1, 0.15) is 5.69 Å². The van der Waals surface area contributed by atoms with Crippen LogP contribution in [0.5, 0.6) is 0 Å². The van der Waals surface area contributed by atoms with Crippen LogP contribution in [0.1, 0.15) is 26.6 Å². The summed E-state index contributed by atoms with van der Waals surface area (Å²) >= 11 is 6.90. The number of thiophene rings is 1. The Labute approximate surface area is 107 Å². The standard InChI is InChI=1S/C12H8ClNO2S/c13-12-5-4-11(17-12)10(16)7-9(15)8-3-1-2-6-14-8/h1-6H,7H2. The van der Waals surface area contributed by atoms with Crippen molar-refractivity contribution in [3.63, 3.8) is 0 Å². The number of nitrogens with zero attached hydrogens (tertiary/aromatic N) is 1. The molecule has 0 atom stereocenters. The summed E-state index contributed by atoms with van der Waals surface area (Å²) in [4.78, 5) is 27.9. The fourth-order valence-electron chi connectivity index (χ4n) is 1.32. The third-order valence-electron chi connectivity index (χ3n) is 2.12. The molecule has 0 saturated carbocycles. The Balaban J connectivity index is 2.07. The van der Waals surface area contributed by atoms with Gasteiger partial charge in [-0.1, -0.05) is 17.7 Å². The molecule has 2 aromatic heterocycles. The van der Waals surface area contributed by atoms with E-state index < -0.39 is 0 Å². The lowest BCUT2D eigenvalue weighted by atomic mass is 10.1. The zero-order valence-corrected chi connectivity index (χ0v) is 10.3. The predicted octanol–water partition coefficient (Wildman–Crippen LogP) is 3.25. The molecule has 0 aliphatic heterocycles. The summed E-state index contributed by atoms with van der Waals surface area (Å²) in [5, 5.41) is 0. The van der Waals surface area contributed by atoms with Gasteiger partial charge in [-0.2, -0.15) is 0 Å². The average Bonchev–Trinajstić information content (AvgIpc) is 2.77. The number of Topliss-reactive ketones (excluding diaryl/α,β-unsaturated/α-hetero) is 2. The highest BCUT2D eigenvalue weighted by atomic mass is 35.5. The lowest BCUT2D eigenvalue weighted by Gasteiger charge is -1.97. The Morgan fingerprint density at radius 2 is 2.00 bits per heavy atom. The van der Waals surface area contributed by atoms with Crippen molar-refractivity contribution in [3.8, 4) is 0 Å². The first-order valence-corrected chi connectivity index (χ1v) is 6.09. The zero-order chi connectivity index (χ0) is 12.3. The van der Waals surface area contributed by atoms with Gasteiger partial charge in [0.2, 0.25) is 0 Å². The lowest BCUT2D eigenvalue weighted by molar-refractivity contribution is 0.0893. The Bertz CT molecular complexity index is 551. The van der Waals surface area contributed by atoms with Gasteiger partial charge in [-0.15, -0.1) is 11.3 Å². The molecule has 0 amide bonds. The van der Waals surface area contributed by atoms with Crippen LogP contribution in [0.3, 0.4) is 0 Å². The van der Waals surface area contributed by atoms with E-state index in [0.29, 0.717) is 14.9 Å². The van der Waals surface area contributed by atoms with Crippen molar-refractivity contribution in [2.45, 2.75) is 6.42 Å². The molecule has 17 heavy (non-hydrogen) atoms. The number of hydrogen-bond acceptors (Lipinski definition) is 4. The van der Waals surface area contributed by atoms with Crippen LogP contribution >= 0.6 is 22.9 Å². The van der Waals surface area contributed by atoms with Crippen LogP contribution in [0.4, 0.5) is 0 Å². The molecule has 2 heterocycles. The first-order valence-electron chi connectivity index (χ1n) is 4.89. The number of halogens is 1. The van der Waals surface area contributed by atoms with Crippen LogP contribution in [-0.2, 0) is 0 Å². The van der Waals surface area contributed by atoms with Crippen molar-refractivity contribution >= 4 is 34.5 Å². The number of hydrogen-bond donors (Lipinski definition) is 0. The highest BCUT2D eigenvalue weighted by Gasteiger charge is 2.15. The van der Waals surface area contributed by atoms with Crippen molar-refractivity contribution in [3.05, 3.63) is 51.4 Å². The summed E-state index contributed by atoms with van der Waals surface area (Å²) < 4.78 is 0.540. The molecular weight excluding hydrogens is 258 g/mol. The van der Waals surface area contributed by atoms with Crippen LogP contribution in [0, 0.1) is 0 Å². The van der Waals surface area contributed by atoms with Gasteiger partial charge in [-0.25, -0.2) is 0 Å². The first kappa shape index (κ1) is 12.0. The minimum absolute atomic E-state index is 0.173. The first-order chi connectivity index (χ1) is 8.16. The van der Waals surface area contributed by atoms with E-state index >= 15 is 0 Å². The fraction of sp³-hybridized carbons (Fsp3) is 0.0833. The number of carbonyl (C=O) groups is 2. The van der Waals surface area contributed by atoms with E-state index in [9.17, 15) is 9.59 Å². The molecule has 5 heteroatoms.